The number of rotatable bonds is 6. The first-order valence-electron chi connectivity index (χ1n) is 7.74. The van der Waals surface area contributed by atoms with Crippen molar-refractivity contribution in [2.75, 3.05) is 6.54 Å². The molecule has 0 bridgehead atoms. The lowest BCUT2D eigenvalue weighted by Gasteiger charge is -2.18. The molecule has 20 heavy (non-hydrogen) atoms. The highest BCUT2D eigenvalue weighted by atomic mass is 16.2. The molecule has 110 valence electrons. The lowest BCUT2D eigenvalue weighted by atomic mass is 9.98. The Kier molecular flexibility index (Phi) is 5.60. The Bertz CT molecular complexity index is 418. The van der Waals surface area contributed by atoms with Crippen LogP contribution in [0.5, 0.6) is 0 Å². The van der Waals surface area contributed by atoms with Crippen LogP contribution in [0.2, 0.25) is 0 Å². The van der Waals surface area contributed by atoms with Gasteiger partial charge in [-0.2, -0.15) is 0 Å². The maximum Gasteiger partial charge on any atom is 0.236 e. The van der Waals surface area contributed by atoms with Crippen molar-refractivity contribution in [1.82, 2.24) is 5.32 Å². The summed E-state index contributed by atoms with van der Waals surface area (Å²) in [5, 5.41) is 3.03. The van der Waals surface area contributed by atoms with E-state index in [1.165, 1.54) is 24.8 Å². The highest BCUT2D eigenvalue weighted by molar-refractivity contribution is 5.81. The average molecular weight is 274 g/mol. The molecule has 1 aromatic carbocycles. The number of nitrogens with two attached hydrogens (primary N) is 1. The summed E-state index contributed by atoms with van der Waals surface area (Å²) in [7, 11) is 0. The Morgan fingerprint density at radius 3 is 2.75 bits per heavy atom. The van der Waals surface area contributed by atoms with Crippen molar-refractivity contribution in [1.29, 1.82) is 0 Å². The summed E-state index contributed by atoms with van der Waals surface area (Å²) >= 11 is 0. The van der Waals surface area contributed by atoms with Gasteiger partial charge in [0.25, 0.3) is 0 Å². The van der Waals surface area contributed by atoms with Crippen LogP contribution in [0.4, 0.5) is 0 Å². The van der Waals surface area contributed by atoms with Crippen molar-refractivity contribution in [2.45, 2.75) is 45.1 Å². The second-order valence-electron chi connectivity index (χ2n) is 6.04. The molecule has 1 fully saturated rings. The molecule has 3 heteroatoms. The van der Waals surface area contributed by atoms with Crippen molar-refractivity contribution in [3.8, 4) is 0 Å². The number of carbonyl (C=O) groups is 1. The van der Waals surface area contributed by atoms with E-state index in [-0.39, 0.29) is 5.91 Å². The smallest absolute Gasteiger partial charge is 0.236 e. The molecular formula is C17H26N2O. The molecule has 1 aliphatic rings. The van der Waals surface area contributed by atoms with Crippen molar-refractivity contribution in [3.63, 3.8) is 0 Å². The Labute approximate surface area is 121 Å². The van der Waals surface area contributed by atoms with Crippen LogP contribution >= 0.6 is 0 Å². The average Bonchev–Trinajstić information content (AvgIpc) is 2.88. The number of benzene rings is 1. The van der Waals surface area contributed by atoms with Crippen molar-refractivity contribution >= 4 is 5.91 Å². The molecule has 2 rings (SSSR count). The van der Waals surface area contributed by atoms with Crippen LogP contribution in [-0.4, -0.2) is 18.5 Å². The molecule has 0 saturated heterocycles. The van der Waals surface area contributed by atoms with Gasteiger partial charge in [-0.25, -0.2) is 0 Å². The summed E-state index contributed by atoms with van der Waals surface area (Å²) in [6.45, 7) is 3.07. The molecule has 0 heterocycles. The molecule has 0 spiro atoms. The second kappa shape index (κ2) is 7.44. The Morgan fingerprint density at radius 1 is 1.35 bits per heavy atom. The zero-order valence-corrected chi connectivity index (χ0v) is 12.3. The summed E-state index contributed by atoms with van der Waals surface area (Å²) in [6.07, 6.45) is 5.38. The van der Waals surface area contributed by atoms with Crippen LogP contribution in [0.3, 0.4) is 0 Å². The Hall–Kier alpha value is -1.35. The predicted molar refractivity (Wildman–Crippen MR) is 82.3 cm³/mol. The van der Waals surface area contributed by atoms with Gasteiger partial charge in [-0.05, 0) is 36.7 Å². The highest BCUT2D eigenvalue weighted by Crippen LogP contribution is 2.30. The van der Waals surface area contributed by atoms with Gasteiger partial charge >= 0.3 is 0 Å². The minimum atomic E-state index is -0.396. The van der Waals surface area contributed by atoms with Gasteiger partial charge in [-0.15, -0.1) is 0 Å². The Balaban J connectivity index is 1.69. The zero-order chi connectivity index (χ0) is 14.4. The molecule has 2 unspecified atom stereocenters. The van der Waals surface area contributed by atoms with E-state index in [9.17, 15) is 4.79 Å². The fourth-order valence-corrected chi connectivity index (χ4v) is 2.99. The van der Waals surface area contributed by atoms with Crippen LogP contribution in [0.25, 0.3) is 0 Å². The van der Waals surface area contributed by atoms with E-state index < -0.39 is 6.04 Å². The first-order chi connectivity index (χ1) is 9.66. The van der Waals surface area contributed by atoms with Crippen LogP contribution in [0, 0.1) is 11.8 Å². The van der Waals surface area contributed by atoms with Crippen molar-refractivity contribution in [3.05, 3.63) is 35.9 Å². The first-order valence-corrected chi connectivity index (χ1v) is 7.74. The van der Waals surface area contributed by atoms with Crippen LogP contribution in [0.1, 0.15) is 38.2 Å². The molecule has 1 amide bonds. The topological polar surface area (TPSA) is 55.1 Å². The summed E-state index contributed by atoms with van der Waals surface area (Å²) in [6, 6.07) is 9.78. The molecule has 0 aromatic heterocycles. The summed E-state index contributed by atoms with van der Waals surface area (Å²) < 4.78 is 0. The zero-order valence-electron chi connectivity index (χ0n) is 12.3. The van der Waals surface area contributed by atoms with E-state index in [2.05, 4.69) is 24.4 Å². The number of hydrogen-bond acceptors (Lipinski definition) is 2. The van der Waals surface area contributed by atoms with E-state index in [0.29, 0.717) is 12.3 Å². The molecular weight excluding hydrogens is 248 g/mol. The van der Waals surface area contributed by atoms with Gasteiger partial charge < -0.3 is 11.1 Å². The van der Waals surface area contributed by atoms with E-state index >= 15 is 0 Å². The molecule has 3 nitrogen and oxygen atoms in total. The summed E-state index contributed by atoms with van der Waals surface area (Å²) in [4.78, 5) is 12.0. The lowest BCUT2D eigenvalue weighted by molar-refractivity contribution is -0.122. The molecule has 3 N–H and O–H groups in total. The minimum Gasteiger partial charge on any atom is -0.354 e. The quantitative estimate of drug-likeness (QED) is 0.837. The van der Waals surface area contributed by atoms with Crippen molar-refractivity contribution in [2.24, 2.45) is 17.6 Å². The number of amides is 1. The third-order valence-corrected chi connectivity index (χ3v) is 4.50. The second-order valence-corrected chi connectivity index (χ2v) is 6.04. The third kappa shape index (κ3) is 4.34. The standard InChI is InChI=1S/C17H26N2O/c1-13-6-5-9-15(13)12-19-17(20)16(18)11-10-14-7-3-2-4-8-14/h2-4,7-8,13,15-16H,5-6,9-12,18H2,1H3,(H,19,20)/t13?,15?,16-/m0/s1. The monoisotopic (exact) mass is 274 g/mol. The first kappa shape index (κ1) is 15.0. The van der Waals surface area contributed by atoms with Crippen molar-refractivity contribution < 1.29 is 4.79 Å². The fourth-order valence-electron chi connectivity index (χ4n) is 2.99. The van der Waals surface area contributed by atoms with Gasteiger partial charge in [0.1, 0.15) is 0 Å². The Morgan fingerprint density at radius 2 is 2.10 bits per heavy atom. The number of carbonyl (C=O) groups excluding carboxylic acids is 1. The van der Waals surface area contributed by atoms with Crippen LogP contribution in [-0.2, 0) is 11.2 Å². The predicted octanol–water partition coefficient (Wildman–Crippen LogP) is 2.50. The van der Waals surface area contributed by atoms with Gasteiger partial charge in [0.2, 0.25) is 5.91 Å². The maximum absolute atomic E-state index is 12.0. The van der Waals surface area contributed by atoms with Gasteiger partial charge in [0.15, 0.2) is 0 Å². The normalized spacial score (nSPS) is 23.5. The maximum atomic E-state index is 12.0. The van der Waals surface area contributed by atoms with E-state index in [1.807, 2.05) is 18.2 Å². The minimum absolute atomic E-state index is 0.0000288. The molecule has 1 aromatic rings. The summed E-state index contributed by atoms with van der Waals surface area (Å²) in [5.74, 6) is 1.37. The van der Waals surface area contributed by atoms with E-state index in [1.54, 1.807) is 0 Å². The fraction of sp³-hybridized carbons (Fsp3) is 0.588. The van der Waals surface area contributed by atoms with Gasteiger partial charge in [0, 0.05) is 6.54 Å². The summed E-state index contributed by atoms with van der Waals surface area (Å²) in [5.41, 5.74) is 7.21. The molecule has 3 atom stereocenters. The number of aryl methyl sites for hydroxylation is 1. The highest BCUT2D eigenvalue weighted by Gasteiger charge is 2.24. The van der Waals surface area contributed by atoms with Gasteiger partial charge in [-0.3, -0.25) is 4.79 Å². The largest absolute Gasteiger partial charge is 0.354 e. The molecule has 0 radical (unpaired) electrons. The lowest BCUT2D eigenvalue weighted by Crippen LogP contribution is -2.42. The number of hydrogen-bond donors (Lipinski definition) is 2. The number of nitrogens with one attached hydrogen (secondary N) is 1. The molecule has 1 aliphatic carbocycles. The SMILES string of the molecule is CC1CCCC1CNC(=O)[C@@H](N)CCc1ccccc1. The van der Waals surface area contributed by atoms with Crippen LogP contribution in [0.15, 0.2) is 30.3 Å². The molecule has 1 saturated carbocycles. The van der Waals surface area contributed by atoms with Crippen LogP contribution < -0.4 is 11.1 Å². The molecule has 0 aliphatic heterocycles. The van der Waals surface area contributed by atoms with Gasteiger partial charge in [-0.1, -0.05) is 50.1 Å². The van der Waals surface area contributed by atoms with E-state index in [4.69, 9.17) is 5.73 Å². The van der Waals surface area contributed by atoms with Gasteiger partial charge in [0.05, 0.1) is 6.04 Å². The van der Waals surface area contributed by atoms with E-state index in [0.717, 1.165) is 18.9 Å². The third-order valence-electron chi connectivity index (χ3n) is 4.50.